The van der Waals surface area contributed by atoms with E-state index in [2.05, 4.69) is 11.4 Å². The minimum Gasteiger partial charge on any atom is -0.379 e. The van der Waals surface area contributed by atoms with Crippen molar-refractivity contribution in [2.45, 2.75) is 30.2 Å². The number of morpholine rings is 1. The molecule has 1 aliphatic heterocycles. The molecular weight excluding hydrogens is 412 g/mol. The van der Waals surface area contributed by atoms with Crippen molar-refractivity contribution in [3.8, 4) is 0 Å². The number of carbonyl (C=O) groups is 1. The predicted octanol–water partition coefficient (Wildman–Crippen LogP) is 3.17. The van der Waals surface area contributed by atoms with Gasteiger partial charge in [-0.05, 0) is 48.6 Å². The molecule has 4 rings (SSSR count). The van der Waals surface area contributed by atoms with E-state index in [-0.39, 0.29) is 27.4 Å². The number of aryl methyl sites for hydroxylation is 1. The van der Waals surface area contributed by atoms with Crippen LogP contribution in [0.4, 0.5) is 0 Å². The van der Waals surface area contributed by atoms with Crippen molar-refractivity contribution in [2.75, 3.05) is 26.3 Å². The van der Waals surface area contributed by atoms with Crippen molar-refractivity contribution in [3.63, 3.8) is 0 Å². The van der Waals surface area contributed by atoms with Crippen LogP contribution in [0.2, 0.25) is 5.02 Å². The Labute approximate surface area is 175 Å². The summed E-state index contributed by atoms with van der Waals surface area (Å²) >= 11 is 6.26. The first-order valence-electron chi connectivity index (χ1n) is 9.73. The van der Waals surface area contributed by atoms with E-state index in [0.717, 1.165) is 24.8 Å². The van der Waals surface area contributed by atoms with Crippen molar-refractivity contribution in [1.82, 2.24) is 9.62 Å². The number of nitrogens with one attached hydrogen (secondary N) is 1. The molecule has 1 N–H and O–H groups in total. The molecular formula is C21H23ClN2O4S. The molecule has 6 nitrogen and oxygen atoms in total. The zero-order chi connectivity index (χ0) is 20.4. The van der Waals surface area contributed by atoms with Gasteiger partial charge in [-0.1, -0.05) is 35.9 Å². The summed E-state index contributed by atoms with van der Waals surface area (Å²) in [6, 6.07) is 12.3. The van der Waals surface area contributed by atoms with E-state index < -0.39 is 10.0 Å². The molecule has 0 saturated carbocycles. The molecule has 0 bridgehead atoms. The van der Waals surface area contributed by atoms with E-state index in [1.165, 1.54) is 28.1 Å². The van der Waals surface area contributed by atoms with Crippen LogP contribution in [0.25, 0.3) is 0 Å². The van der Waals surface area contributed by atoms with E-state index in [9.17, 15) is 13.2 Å². The minimum atomic E-state index is -3.70. The molecule has 29 heavy (non-hydrogen) atoms. The van der Waals surface area contributed by atoms with Crippen LogP contribution < -0.4 is 5.32 Å². The largest absolute Gasteiger partial charge is 0.379 e. The lowest BCUT2D eigenvalue weighted by atomic mass is 9.87. The van der Waals surface area contributed by atoms with Gasteiger partial charge in [0.1, 0.15) is 0 Å². The zero-order valence-corrected chi connectivity index (χ0v) is 17.5. The first-order chi connectivity index (χ1) is 14.0. The summed E-state index contributed by atoms with van der Waals surface area (Å²) in [6.07, 6.45) is 2.82. The lowest BCUT2D eigenvalue weighted by Gasteiger charge is -2.27. The Morgan fingerprint density at radius 2 is 1.90 bits per heavy atom. The lowest BCUT2D eigenvalue weighted by Crippen LogP contribution is -2.40. The smallest absolute Gasteiger partial charge is 0.253 e. The highest BCUT2D eigenvalue weighted by atomic mass is 35.5. The molecule has 2 aromatic carbocycles. The van der Waals surface area contributed by atoms with Gasteiger partial charge in [0.25, 0.3) is 5.91 Å². The molecule has 1 aliphatic carbocycles. The van der Waals surface area contributed by atoms with Gasteiger partial charge < -0.3 is 10.1 Å². The van der Waals surface area contributed by atoms with Gasteiger partial charge in [0.05, 0.1) is 34.7 Å². The van der Waals surface area contributed by atoms with Crippen LogP contribution >= 0.6 is 11.6 Å². The average molecular weight is 435 g/mol. The summed E-state index contributed by atoms with van der Waals surface area (Å²) in [7, 11) is -3.70. The van der Waals surface area contributed by atoms with Gasteiger partial charge in [0, 0.05) is 13.1 Å². The van der Waals surface area contributed by atoms with E-state index in [1.807, 2.05) is 18.2 Å². The van der Waals surface area contributed by atoms with Crippen LogP contribution in [0, 0.1) is 0 Å². The van der Waals surface area contributed by atoms with Crippen molar-refractivity contribution >= 4 is 27.5 Å². The number of amides is 1. The third-order valence-electron chi connectivity index (χ3n) is 5.47. The van der Waals surface area contributed by atoms with Gasteiger partial charge in [-0.25, -0.2) is 8.42 Å². The molecule has 0 radical (unpaired) electrons. The van der Waals surface area contributed by atoms with Crippen molar-refractivity contribution in [3.05, 3.63) is 64.2 Å². The number of rotatable bonds is 4. The Bertz CT molecular complexity index is 1020. The third-order valence-corrected chi connectivity index (χ3v) is 7.69. The number of benzene rings is 2. The highest BCUT2D eigenvalue weighted by Crippen LogP contribution is 2.30. The summed E-state index contributed by atoms with van der Waals surface area (Å²) in [5, 5.41) is 3.27. The van der Waals surface area contributed by atoms with Crippen LogP contribution in [0.3, 0.4) is 0 Å². The maximum atomic E-state index is 13.0. The number of fused-ring (bicyclic) bond motifs is 1. The molecule has 154 valence electrons. The SMILES string of the molecule is O=C(N[C@@H]1CCCc2ccccc21)c1cc(S(=O)(=O)N2CCOCC2)ccc1Cl. The summed E-state index contributed by atoms with van der Waals surface area (Å²) in [5.41, 5.74) is 2.52. The molecule has 0 aromatic heterocycles. The Kier molecular flexibility index (Phi) is 5.92. The van der Waals surface area contributed by atoms with Gasteiger partial charge >= 0.3 is 0 Å². The molecule has 8 heteroatoms. The van der Waals surface area contributed by atoms with Crippen LogP contribution in [0.1, 0.15) is 40.4 Å². The number of halogens is 1. The molecule has 0 spiro atoms. The Morgan fingerprint density at radius 1 is 1.14 bits per heavy atom. The highest BCUT2D eigenvalue weighted by Gasteiger charge is 2.28. The van der Waals surface area contributed by atoms with Gasteiger partial charge in [0.2, 0.25) is 10.0 Å². The predicted molar refractivity (Wildman–Crippen MR) is 111 cm³/mol. The van der Waals surface area contributed by atoms with Crippen molar-refractivity contribution in [1.29, 1.82) is 0 Å². The topological polar surface area (TPSA) is 75.7 Å². The van der Waals surface area contributed by atoms with Crippen molar-refractivity contribution < 1.29 is 17.9 Å². The molecule has 1 atom stereocenters. The molecule has 1 fully saturated rings. The average Bonchev–Trinajstić information content (AvgIpc) is 2.75. The maximum Gasteiger partial charge on any atom is 0.253 e. The summed E-state index contributed by atoms with van der Waals surface area (Å²) in [5.74, 6) is -0.365. The second-order valence-electron chi connectivity index (χ2n) is 7.28. The Hall–Kier alpha value is -1.93. The first kappa shape index (κ1) is 20.3. The fourth-order valence-electron chi connectivity index (χ4n) is 3.91. The number of hydrogen-bond acceptors (Lipinski definition) is 4. The summed E-state index contributed by atoms with van der Waals surface area (Å²) in [6.45, 7) is 1.32. The van der Waals surface area contributed by atoms with Crippen molar-refractivity contribution in [2.24, 2.45) is 0 Å². The summed E-state index contributed by atoms with van der Waals surface area (Å²) in [4.78, 5) is 13.0. The Morgan fingerprint density at radius 3 is 2.69 bits per heavy atom. The van der Waals surface area contributed by atoms with Gasteiger partial charge in [0.15, 0.2) is 0 Å². The van der Waals surface area contributed by atoms with Crippen LogP contribution in [0.5, 0.6) is 0 Å². The number of sulfonamides is 1. The molecule has 1 amide bonds. The van der Waals surface area contributed by atoms with Gasteiger partial charge in [-0.2, -0.15) is 4.31 Å². The second-order valence-corrected chi connectivity index (χ2v) is 9.62. The number of carbonyl (C=O) groups excluding carboxylic acids is 1. The number of nitrogens with zero attached hydrogens (tertiary/aromatic N) is 1. The molecule has 2 aromatic rings. The standard InChI is InChI=1S/C21H23ClN2O4S/c22-19-9-8-16(29(26,27)24-10-12-28-13-11-24)14-18(19)21(25)23-20-7-3-5-15-4-1-2-6-17(15)20/h1-2,4,6,8-9,14,20H,3,5,7,10-13H2,(H,23,25)/t20-/m1/s1. The maximum absolute atomic E-state index is 13.0. The van der Waals surface area contributed by atoms with E-state index in [4.69, 9.17) is 16.3 Å². The minimum absolute atomic E-state index is 0.0676. The molecule has 0 unspecified atom stereocenters. The normalized spacial score (nSPS) is 20.1. The molecule has 1 saturated heterocycles. The van der Waals surface area contributed by atoms with E-state index in [1.54, 1.807) is 0 Å². The first-order valence-corrected chi connectivity index (χ1v) is 11.5. The summed E-state index contributed by atoms with van der Waals surface area (Å²) < 4.78 is 32.5. The number of ether oxygens (including phenoxy) is 1. The van der Waals surface area contributed by atoms with Crippen LogP contribution in [-0.4, -0.2) is 44.9 Å². The van der Waals surface area contributed by atoms with Gasteiger partial charge in [-0.3, -0.25) is 4.79 Å². The van der Waals surface area contributed by atoms with E-state index in [0.29, 0.717) is 26.3 Å². The third kappa shape index (κ3) is 4.19. The lowest BCUT2D eigenvalue weighted by molar-refractivity contribution is 0.0730. The fourth-order valence-corrected chi connectivity index (χ4v) is 5.55. The highest BCUT2D eigenvalue weighted by molar-refractivity contribution is 7.89. The Balaban J connectivity index is 1.59. The zero-order valence-electron chi connectivity index (χ0n) is 15.9. The van der Waals surface area contributed by atoms with Crippen LogP contribution in [0.15, 0.2) is 47.4 Å². The second kappa shape index (κ2) is 8.44. The molecule has 2 aliphatic rings. The van der Waals surface area contributed by atoms with Gasteiger partial charge in [-0.15, -0.1) is 0 Å². The van der Waals surface area contributed by atoms with E-state index >= 15 is 0 Å². The fraction of sp³-hybridized carbons (Fsp3) is 0.381. The quantitative estimate of drug-likeness (QED) is 0.801. The number of hydrogen-bond donors (Lipinski definition) is 1. The monoisotopic (exact) mass is 434 g/mol. The van der Waals surface area contributed by atoms with Crippen LogP contribution in [-0.2, 0) is 21.2 Å². The molecule has 1 heterocycles.